The molecule has 0 amide bonds. The van der Waals surface area contributed by atoms with E-state index in [2.05, 4.69) is 36.1 Å². The Morgan fingerprint density at radius 1 is 1.22 bits per heavy atom. The first-order chi connectivity index (χ1) is 8.58. The Balaban J connectivity index is 2.79. The molecular formula is C14H24ClN3. The third-order valence-electron chi connectivity index (χ3n) is 2.98. The van der Waals surface area contributed by atoms with Crippen molar-refractivity contribution in [2.45, 2.75) is 65.8 Å². The molecule has 0 saturated carbocycles. The molecule has 0 aromatic carbocycles. The van der Waals surface area contributed by atoms with Gasteiger partial charge in [-0.05, 0) is 26.7 Å². The summed E-state index contributed by atoms with van der Waals surface area (Å²) in [6.45, 7) is 8.48. The van der Waals surface area contributed by atoms with Gasteiger partial charge in [0.05, 0.1) is 0 Å². The van der Waals surface area contributed by atoms with Crippen LogP contribution >= 0.6 is 11.6 Å². The Morgan fingerprint density at radius 3 is 2.56 bits per heavy atom. The van der Waals surface area contributed by atoms with Crippen LogP contribution in [0.5, 0.6) is 0 Å². The zero-order valence-electron chi connectivity index (χ0n) is 11.9. The summed E-state index contributed by atoms with van der Waals surface area (Å²) >= 11 is 6.15. The first-order valence-corrected chi connectivity index (χ1v) is 7.25. The lowest BCUT2D eigenvalue weighted by Crippen LogP contribution is -2.17. The van der Waals surface area contributed by atoms with Crippen molar-refractivity contribution < 1.29 is 0 Å². The molecule has 1 unspecified atom stereocenters. The molecule has 0 aliphatic rings. The van der Waals surface area contributed by atoms with E-state index in [1.807, 2.05) is 6.92 Å². The SMILES string of the molecule is CCCCC(C)Nc1nc(CCC)nc(Cl)c1C. The van der Waals surface area contributed by atoms with Crippen LogP contribution in [0.1, 0.15) is 57.8 Å². The molecule has 3 nitrogen and oxygen atoms in total. The van der Waals surface area contributed by atoms with E-state index >= 15 is 0 Å². The van der Waals surface area contributed by atoms with Crippen LogP contribution in [0.3, 0.4) is 0 Å². The second-order valence-electron chi connectivity index (χ2n) is 4.84. The number of nitrogens with one attached hydrogen (secondary N) is 1. The molecule has 18 heavy (non-hydrogen) atoms. The molecule has 0 aliphatic carbocycles. The maximum absolute atomic E-state index is 6.15. The normalized spacial score (nSPS) is 12.5. The van der Waals surface area contributed by atoms with E-state index in [-0.39, 0.29) is 0 Å². The molecule has 1 heterocycles. The van der Waals surface area contributed by atoms with Crippen LogP contribution in [0.2, 0.25) is 5.15 Å². The van der Waals surface area contributed by atoms with Gasteiger partial charge in [-0.15, -0.1) is 0 Å². The van der Waals surface area contributed by atoms with Crippen molar-refractivity contribution >= 4 is 17.4 Å². The molecule has 1 atom stereocenters. The lowest BCUT2D eigenvalue weighted by atomic mass is 10.1. The number of aryl methyl sites for hydroxylation is 1. The molecule has 1 aromatic rings. The van der Waals surface area contributed by atoms with Crippen molar-refractivity contribution in [1.29, 1.82) is 0 Å². The van der Waals surface area contributed by atoms with Crippen LogP contribution in [-0.4, -0.2) is 16.0 Å². The summed E-state index contributed by atoms with van der Waals surface area (Å²) in [7, 11) is 0. The van der Waals surface area contributed by atoms with Gasteiger partial charge in [-0.25, -0.2) is 9.97 Å². The average molecular weight is 270 g/mol. The van der Waals surface area contributed by atoms with Gasteiger partial charge in [0.15, 0.2) is 0 Å². The van der Waals surface area contributed by atoms with Crippen molar-refractivity contribution in [3.8, 4) is 0 Å². The largest absolute Gasteiger partial charge is 0.367 e. The van der Waals surface area contributed by atoms with E-state index < -0.39 is 0 Å². The predicted molar refractivity (Wildman–Crippen MR) is 78.4 cm³/mol. The van der Waals surface area contributed by atoms with Crippen LogP contribution in [0.25, 0.3) is 0 Å². The van der Waals surface area contributed by atoms with Crippen molar-refractivity contribution in [3.05, 3.63) is 16.5 Å². The van der Waals surface area contributed by atoms with Crippen LogP contribution in [0.15, 0.2) is 0 Å². The Morgan fingerprint density at radius 2 is 1.94 bits per heavy atom. The highest BCUT2D eigenvalue weighted by molar-refractivity contribution is 6.30. The van der Waals surface area contributed by atoms with Gasteiger partial charge in [0.2, 0.25) is 0 Å². The number of aromatic nitrogens is 2. The molecule has 0 fully saturated rings. The highest BCUT2D eigenvalue weighted by Crippen LogP contribution is 2.21. The fourth-order valence-corrected chi connectivity index (χ4v) is 2.01. The van der Waals surface area contributed by atoms with E-state index in [4.69, 9.17) is 11.6 Å². The van der Waals surface area contributed by atoms with Gasteiger partial charge in [-0.2, -0.15) is 0 Å². The lowest BCUT2D eigenvalue weighted by Gasteiger charge is -2.17. The van der Waals surface area contributed by atoms with E-state index in [1.165, 1.54) is 12.8 Å². The fourth-order valence-electron chi connectivity index (χ4n) is 1.82. The van der Waals surface area contributed by atoms with Crippen molar-refractivity contribution in [2.24, 2.45) is 0 Å². The minimum atomic E-state index is 0.420. The zero-order chi connectivity index (χ0) is 13.5. The zero-order valence-corrected chi connectivity index (χ0v) is 12.6. The number of hydrogen-bond donors (Lipinski definition) is 1. The van der Waals surface area contributed by atoms with Gasteiger partial charge in [-0.1, -0.05) is 38.3 Å². The van der Waals surface area contributed by atoms with Crippen LogP contribution in [0, 0.1) is 6.92 Å². The topological polar surface area (TPSA) is 37.8 Å². The second-order valence-corrected chi connectivity index (χ2v) is 5.20. The summed E-state index contributed by atoms with van der Waals surface area (Å²) in [6, 6.07) is 0.420. The fraction of sp³-hybridized carbons (Fsp3) is 0.714. The molecule has 0 radical (unpaired) electrons. The minimum absolute atomic E-state index is 0.420. The quantitative estimate of drug-likeness (QED) is 0.747. The summed E-state index contributed by atoms with van der Waals surface area (Å²) in [4.78, 5) is 8.87. The molecule has 1 aromatic heterocycles. The third-order valence-corrected chi connectivity index (χ3v) is 3.35. The van der Waals surface area contributed by atoms with Gasteiger partial charge in [0, 0.05) is 18.0 Å². The van der Waals surface area contributed by atoms with Crippen LogP contribution < -0.4 is 5.32 Å². The smallest absolute Gasteiger partial charge is 0.137 e. The molecule has 0 aliphatic heterocycles. The molecule has 0 saturated heterocycles. The number of nitrogens with zero attached hydrogens (tertiary/aromatic N) is 2. The lowest BCUT2D eigenvalue weighted by molar-refractivity contribution is 0.641. The molecule has 0 spiro atoms. The summed E-state index contributed by atoms with van der Waals surface area (Å²) < 4.78 is 0. The Hall–Kier alpha value is -0.830. The van der Waals surface area contributed by atoms with Gasteiger partial charge >= 0.3 is 0 Å². The second kappa shape index (κ2) is 7.57. The molecule has 1 N–H and O–H groups in total. The van der Waals surface area contributed by atoms with Crippen LogP contribution in [-0.2, 0) is 6.42 Å². The number of hydrogen-bond acceptors (Lipinski definition) is 3. The van der Waals surface area contributed by atoms with E-state index in [0.29, 0.717) is 11.2 Å². The van der Waals surface area contributed by atoms with Crippen molar-refractivity contribution in [3.63, 3.8) is 0 Å². The summed E-state index contributed by atoms with van der Waals surface area (Å²) in [5, 5.41) is 4.02. The third kappa shape index (κ3) is 4.45. The molecule has 4 heteroatoms. The monoisotopic (exact) mass is 269 g/mol. The predicted octanol–water partition coefficient (Wildman–Crippen LogP) is 4.38. The number of anilines is 1. The highest BCUT2D eigenvalue weighted by atomic mass is 35.5. The Bertz CT molecular complexity index is 380. The van der Waals surface area contributed by atoms with E-state index in [9.17, 15) is 0 Å². The summed E-state index contributed by atoms with van der Waals surface area (Å²) in [5.41, 5.74) is 0.944. The van der Waals surface area contributed by atoms with Gasteiger partial charge in [-0.3, -0.25) is 0 Å². The summed E-state index contributed by atoms with van der Waals surface area (Å²) in [5.74, 6) is 1.72. The standard InChI is InChI=1S/C14H24ClN3/c1-5-7-9-10(3)16-14-11(4)13(15)17-12(18-14)8-6-2/h10H,5-9H2,1-4H3,(H,16,17,18). The number of unbranched alkanes of at least 4 members (excludes halogenated alkanes) is 1. The Kier molecular flexibility index (Phi) is 6.41. The van der Waals surface area contributed by atoms with E-state index in [1.54, 1.807) is 0 Å². The number of rotatable bonds is 7. The molecule has 1 rings (SSSR count). The average Bonchev–Trinajstić information content (AvgIpc) is 2.33. The Labute approximate surface area is 115 Å². The van der Waals surface area contributed by atoms with Gasteiger partial charge in [0.25, 0.3) is 0 Å². The van der Waals surface area contributed by atoms with E-state index in [0.717, 1.165) is 36.5 Å². The minimum Gasteiger partial charge on any atom is -0.367 e. The first-order valence-electron chi connectivity index (χ1n) is 6.88. The maximum Gasteiger partial charge on any atom is 0.137 e. The molecule has 0 bridgehead atoms. The summed E-state index contributed by atoms with van der Waals surface area (Å²) in [6.07, 6.45) is 5.51. The van der Waals surface area contributed by atoms with Crippen molar-refractivity contribution in [1.82, 2.24) is 9.97 Å². The van der Waals surface area contributed by atoms with Crippen molar-refractivity contribution in [2.75, 3.05) is 5.32 Å². The van der Waals surface area contributed by atoms with Gasteiger partial charge < -0.3 is 5.32 Å². The van der Waals surface area contributed by atoms with Gasteiger partial charge in [0.1, 0.15) is 16.8 Å². The van der Waals surface area contributed by atoms with Crippen LogP contribution in [0.4, 0.5) is 5.82 Å². The highest BCUT2D eigenvalue weighted by Gasteiger charge is 2.11. The first kappa shape index (κ1) is 15.2. The maximum atomic E-state index is 6.15. The molecule has 102 valence electrons. The molecular weight excluding hydrogens is 246 g/mol. The number of halogens is 1.